The molecule has 20 heavy (non-hydrogen) atoms. The standard InChI is InChI=1S/C13H18Cl2N2O3/c1-20-5-4-17-13(19)8-16-7-12(18)10-6-9(14)2-3-11(10)15/h2-3,6,12,16,18H,4-5,7-8H2,1H3,(H,17,19). The van der Waals surface area contributed by atoms with Gasteiger partial charge in [0.25, 0.3) is 0 Å². The molecule has 0 saturated heterocycles. The molecule has 112 valence electrons. The first kappa shape index (κ1) is 17.2. The van der Waals surface area contributed by atoms with Crippen molar-refractivity contribution in [3.8, 4) is 0 Å². The van der Waals surface area contributed by atoms with E-state index in [1.165, 1.54) is 0 Å². The van der Waals surface area contributed by atoms with E-state index >= 15 is 0 Å². The number of amides is 1. The lowest BCUT2D eigenvalue weighted by Crippen LogP contribution is -2.37. The molecule has 0 heterocycles. The average molecular weight is 321 g/mol. The predicted molar refractivity (Wildman–Crippen MR) is 79.2 cm³/mol. The van der Waals surface area contributed by atoms with Gasteiger partial charge in [0.05, 0.1) is 19.3 Å². The third kappa shape index (κ3) is 6.07. The van der Waals surface area contributed by atoms with Crippen molar-refractivity contribution in [3.05, 3.63) is 33.8 Å². The lowest BCUT2D eigenvalue weighted by atomic mass is 10.1. The Kier molecular flexibility index (Phi) is 7.87. The second-order valence-electron chi connectivity index (χ2n) is 4.16. The molecule has 0 saturated carbocycles. The topological polar surface area (TPSA) is 70.6 Å². The highest BCUT2D eigenvalue weighted by Gasteiger charge is 2.12. The van der Waals surface area contributed by atoms with Gasteiger partial charge < -0.3 is 20.5 Å². The van der Waals surface area contributed by atoms with Crippen molar-refractivity contribution in [1.82, 2.24) is 10.6 Å². The molecule has 0 aromatic heterocycles. The van der Waals surface area contributed by atoms with Crippen molar-refractivity contribution in [3.63, 3.8) is 0 Å². The van der Waals surface area contributed by atoms with Gasteiger partial charge in [-0.05, 0) is 18.2 Å². The molecule has 1 aromatic carbocycles. The Morgan fingerprint density at radius 1 is 1.45 bits per heavy atom. The van der Waals surface area contributed by atoms with E-state index in [1.54, 1.807) is 25.3 Å². The largest absolute Gasteiger partial charge is 0.387 e. The number of carbonyl (C=O) groups is 1. The lowest BCUT2D eigenvalue weighted by molar-refractivity contribution is -0.120. The van der Waals surface area contributed by atoms with Gasteiger partial charge in [-0.1, -0.05) is 23.2 Å². The number of hydrogen-bond donors (Lipinski definition) is 3. The molecule has 1 rings (SSSR count). The van der Waals surface area contributed by atoms with Crippen LogP contribution in [0.25, 0.3) is 0 Å². The summed E-state index contributed by atoms with van der Waals surface area (Å²) in [6, 6.07) is 4.88. The van der Waals surface area contributed by atoms with Crippen molar-refractivity contribution in [2.75, 3.05) is 33.4 Å². The summed E-state index contributed by atoms with van der Waals surface area (Å²) in [4.78, 5) is 11.4. The molecule has 0 spiro atoms. The molecule has 7 heteroatoms. The molecule has 1 amide bonds. The number of carbonyl (C=O) groups excluding carboxylic acids is 1. The first-order valence-electron chi connectivity index (χ1n) is 6.14. The van der Waals surface area contributed by atoms with E-state index in [-0.39, 0.29) is 19.0 Å². The summed E-state index contributed by atoms with van der Waals surface area (Å²) < 4.78 is 4.81. The summed E-state index contributed by atoms with van der Waals surface area (Å²) in [6.07, 6.45) is -0.826. The Labute approximate surface area is 128 Å². The fourth-order valence-corrected chi connectivity index (χ4v) is 1.98. The van der Waals surface area contributed by atoms with Crippen LogP contribution in [0.5, 0.6) is 0 Å². The molecule has 1 unspecified atom stereocenters. The van der Waals surface area contributed by atoms with Crippen LogP contribution < -0.4 is 10.6 Å². The second-order valence-corrected chi connectivity index (χ2v) is 5.00. The first-order valence-corrected chi connectivity index (χ1v) is 6.89. The van der Waals surface area contributed by atoms with E-state index in [0.29, 0.717) is 28.8 Å². The van der Waals surface area contributed by atoms with E-state index < -0.39 is 6.10 Å². The highest BCUT2D eigenvalue weighted by atomic mass is 35.5. The van der Waals surface area contributed by atoms with Crippen LogP contribution in [-0.4, -0.2) is 44.4 Å². The van der Waals surface area contributed by atoms with Gasteiger partial charge in [-0.15, -0.1) is 0 Å². The fourth-order valence-electron chi connectivity index (χ4n) is 1.56. The van der Waals surface area contributed by atoms with Crippen LogP contribution in [0.15, 0.2) is 18.2 Å². The minimum atomic E-state index is -0.826. The average Bonchev–Trinajstić information content (AvgIpc) is 2.41. The Morgan fingerprint density at radius 3 is 2.90 bits per heavy atom. The molecule has 1 atom stereocenters. The zero-order valence-corrected chi connectivity index (χ0v) is 12.7. The minimum absolute atomic E-state index is 0.110. The van der Waals surface area contributed by atoms with Crippen LogP contribution in [0, 0.1) is 0 Å². The number of rotatable bonds is 8. The maximum atomic E-state index is 11.4. The Balaban J connectivity index is 2.34. The maximum absolute atomic E-state index is 11.4. The smallest absolute Gasteiger partial charge is 0.234 e. The van der Waals surface area contributed by atoms with Gasteiger partial charge in [0, 0.05) is 35.8 Å². The van der Waals surface area contributed by atoms with Crippen molar-refractivity contribution in [1.29, 1.82) is 0 Å². The number of halogens is 2. The molecule has 1 aromatic rings. The molecule has 0 aliphatic rings. The quantitative estimate of drug-likeness (QED) is 0.633. The van der Waals surface area contributed by atoms with Gasteiger partial charge in [0.1, 0.15) is 0 Å². The fraction of sp³-hybridized carbons (Fsp3) is 0.462. The van der Waals surface area contributed by atoms with Crippen LogP contribution in [0.4, 0.5) is 0 Å². The Morgan fingerprint density at radius 2 is 2.20 bits per heavy atom. The number of hydrogen-bond acceptors (Lipinski definition) is 4. The number of methoxy groups -OCH3 is 1. The summed E-state index contributed by atoms with van der Waals surface area (Å²) in [5.41, 5.74) is 0.534. The third-order valence-corrected chi connectivity index (χ3v) is 3.15. The lowest BCUT2D eigenvalue weighted by Gasteiger charge is -2.14. The molecule has 0 aliphatic carbocycles. The van der Waals surface area contributed by atoms with E-state index in [4.69, 9.17) is 27.9 Å². The van der Waals surface area contributed by atoms with E-state index in [2.05, 4.69) is 10.6 Å². The molecule has 5 nitrogen and oxygen atoms in total. The van der Waals surface area contributed by atoms with Gasteiger partial charge in [-0.25, -0.2) is 0 Å². The normalized spacial score (nSPS) is 12.2. The molecule has 0 fully saturated rings. The molecule has 3 N–H and O–H groups in total. The SMILES string of the molecule is COCCNC(=O)CNCC(O)c1cc(Cl)ccc1Cl. The third-order valence-electron chi connectivity index (χ3n) is 2.57. The predicted octanol–water partition coefficient (Wildman–Crippen LogP) is 1.38. The number of aliphatic hydroxyl groups excluding tert-OH is 1. The highest BCUT2D eigenvalue weighted by Crippen LogP contribution is 2.25. The van der Waals surface area contributed by atoms with Crippen molar-refractivity contribution < 1.29 is 14.6 Å². The zero-order valence-electron chi connectivity index (χ0n) is 11.2. The van der Waals surface area contributed by atoms with Crippen molar-refractivity contribution in [2.24, 2.45) is 0 Å². The van der Waals surface area contributed by atoms with E-state index in [1.807, 2.05) is 0 Å². The van der Waals surface area contributed by atoms with Gasteiger partial charge in [0.2, 0.25) is 5.91 Å². The van der Waals surface area contributed by atoms with Crippen molar-refractivity contribution >= 4 is 29.1 Å². The maximum Gasteiger partial charge on any atom is 0.234 e. The van der Waals surface area contributed by atoms with Crippen LogP contribution in [0.2, 0.25) is 10.0 Å². The number of benzene rings is 1. The Bertz CT molecular complexity index is 444. The summed E-state index contributed by atoms with van der Waals surface area (Å²) in [5.74, 6) is -0.161. The van der Waals surface area contributed by atoms with Gasteiger partial charge in [-0.3, -0.25) is 4.79 Å². The van der Waals surface area contributed by atoms with E-state index in [9.17, 15) is 9.90 Å². The second kappa shape index (κ2) is 9.15. The van der Waals surface area contributed by atoms with Gasteiger partial charge in [-0.2, -0.15) is 0 Å². The summed E-state index contributed by atoms with van der Waals surface area (Å²) in [5, 5.41) is 16.4. The molecule has 0 aliphatic heterocycles. The number of nitrogens with one attached hydrogen (secondary N) is 2. The summed E-state index contributed by atoms with van der Waals surface area (Å²) in [7, 11) is 1.56. The molecule has 0 bridgehead atoms. The first-order chi connectivity index (χ1) is 9.54. The van der Waals surface area contributed by atoms with Gasteiger partial charge in [0.15, 0.2) is 0 Å². The summed E-state index contributed by atoms with van der Waals surface area (Å²) >= 11 is 11.8. The minimum Gasteiger partial charge on any atom is -0.387 e. The monoisotopic (exact) mass is 320 g/mol. The van der Waals surface area contributed by atoms with Crippen LogP contribution in [0.1, 0.15) is 11.7 Å². The van der Waals surface area contributed by atoms with Crippen molar-refractivity contribution in [2.45, 2.75) is 6.10 Å². The van der Waals surface area contributed by atoms with Crippen LogP contribution in [0.3, 0.4) is 0 Å². The molecular weight excluding hydrogens is 303 g/mol. The molecular formula is C13H18Cl2N2O3. The van der Waals surface area contributed by atoms with E-state index in [0.717, 1.165) is 0 Å². The van der Waals surface area contributed by atoms with Crippen LogP contribution >= 0.6 is 23.2 Å². The van der Waals surface area contributed by atoms with Gasteiger partial charge >= 0.3 is 0 Å². The summed E-state index contributed by atoms with van der Waals surface area (Å²) in [6.45, 7) is 1.24. The number of ether oxygens (including phenoxy) is 1. The zero-order chi connectivity index (χ0) is 15.0. The Hall–Kier alpha value is -0.850. The highest BCUT2D eigenvalue weighted by molar-refractivity contribution is 6.33. The molecule has 0 radical (unpaired) electrons. The van der Waals surface area contributed by atoms with Crippen LogP contribution in [-0.2, 0) is 9.53 Å². The number of aliphatic hydroxyl groups is 1.